The Balaban J connectivity index is 2.06. The lowest BCUT2D eigenvalue weighted by Crippen LogP contribution is -2.41. The van der Waals surface area contributed by atoms with E-state index in [0.29, 0.717) is 37.7 Å². The van der Waals surface area contributed by atoms with Crippen molar-refractivity contribution < 1.29 is 9.13 Å². The summed E-state index contributed by atoms with van der Waals surface area (Å²) in [5, 5.41) is 4.48. The van der Waals surface area contributed by atoms with Gasteiger partial charge in [-0.05, 0) is 20.3 Å². The lowest BCUT2D eigenvalue weighted by Gasteiger charge is -2.37. The fourth-order valence-electron chi connectivity index (χ4n) is 3.21. The molecule has 0 bridgehead atoms. The van der Waals surface area contributed by atoms with Crippen LogP contribution >= 0.6 is 0 Å². The molecule has 0 radical (unpaired) electrons. The van der Waals surface area contributed by atoms with E-state index in [1.807, 2.05) is 37.4 Å². The summed E-state index contributed by atoms with van der Waals surface area (Å²) in [6, 6.07) is -0.0912. The van der Waals surface area contributed by atoms with Gasteiger partial charge in [0.25, 0.3) is 0 Å². The summed E-state index contributed by atoms with van der Waals surface area (Å²) in [4.78, 5) is 10.2. The second-order valence-electron chi connectivity index (χ2n) is 5.80. The van der Waals surface area contributed by atoms with E-state index in [1.165, 1.54) is 6.33 Å². The fourth-order valence-corrected chi connectivity index (χ4v) is 3.21. The molecule has 0 aliphatic carbocycles. The Morgan fingerprint density at radius 2 is 2.13 bits per heavy atom. The second kappa shape index (κ2) is 6.23. The van der Waals surface area contributed by atoms with E-state index in [2.05, 4.69) is 15.1 Å². The maximum absolute atomic E-state index is 14.7. The number of aromatic nitrogens is 4. The third-order valence-corrected chi connectivity index (χ3v) is 4.48. The maximum Gasteiger partial charge on any atom is 0.187 e. The van der Waals surface area contributed by atoms with Crippen LogP contribution in [0.2, 0.25) is 0 Å². The Labute approximate surface area is 135 Å². The SMILES string of the molecule is CCc1ncnc(N2CCOCC2c2c(C)nn(C)c2C)c1F. The standard InChI is InChI=1S/C16H22FN5O/c1-5-12-15(17)16(19-9-18-12)22-6-7-23-8-13(22)14-10(2)20-21(4)11(14)3/h9,13H,5-8H2,1-4H3. The van der Waals surface area contributed by atoms with Crippen LogP contribution in [0.5, 0.6) is 0 Å². The minimum atomic E-state index is -0.332. The van der Waals surface area contributed by atoms with Gasteiger partial charge in [-0.1, -0.05) is 6.92 Å². The summed E-state index contributed by atoms with van der Waals surface area (Å²) in [5.74, 6) is 0.0221. The molecule has 6 nitrogen and oxygen atoms in total. The zero-order valence-electron chi connectivity index (χ0n) is 14.0. The monoisotopic (exact) mass is 319 g/mol. The van der Waals surface area contributed by atoms with E-state index in [4.69, 9.17) is 4.74 Å². The third-order valence-electron chi connectivity index (χ3n) is 4.48. The van der Waals surface area contributed by atoms with Crippen LogP contribution < -0.4 is 4.90 Å². The van der Waals surface area contributed by atoms with Crippen LogP contribution in [0.25, 0.3) is 0 Å². The Hall–Kier alpha value is -2.02. The topological polar surface area (TPSA) is 56.1 Å². The molecule has 0 aromatic carbocycles. The summed E-state index contributed by atoms with van der Waals surface area (Å²) in [6.07, 6.45) is 1.98. The first kappa shape index (κ1) is 15.9. The summed E-state index contributed by atoms with van der Waals surface area (Å²) < 4.78 is 22.2. The van der Waals surface area contributed by atoms with Crippen molar-refractivity contribution in [1.29, 1.82) is 0 Å². The van der Waals surface area contributed by atoms with Crippen molar-refractivity contribution in [3.8, 4) is 0 Å². The smallest absolute Gasteiger partial charge is 0.187 e. The first-order valence-electron chi connectivity index (χ1n) is 7.88. The van der Waals surface area contributed by atoms with Crippen molar-refractivity contribution in [2.75, 3.05) is 24.7 Å². The molecule has 0 amide bonds. The first-order chi connectivity index (χ1) is 11.0. The number of hydrogen-bond donors (Lipinski definition) is 0. The van der Waals surface area contributed by atoms with E-state index >= 15 is 0 Å². The number of ether oxygens (including phenoxy) is 1. The Kier molecular flexibility index (Phi) is 4.30. The third kappa shape index (κ3) is 2.69. The Morgan fingerprint density at radius 1 is 1.35 bits per heavy atom. The molecule has 0 saturated carbocycles. The molecule has 0 N–H and O–H groups in total. The molecule has 1 unspecified atom stereocenters. The lowest BCUT2D eigenvalue weighted by molar-refractivity contribution is 0.0929. The number of anilines is 1. The zero-order chi connectivity index (χ0) is 16.6. The van der Waals surface area contributed by atoms with Gasteiger partial charge in [0.1, 0.15) is 6.33 Å². The average molecular weight is 319 g/mol. The highest BCUT2D eigenvalue weighted by Gasteiger charge is 2.32. The number of nitrogens with zero attached hydrogens (tertiary/aromatic N) is 5. The van der Waals surface area contributed by atoms with Crippen molar-refractivity contribution in [2.45, 2.75) is 33.2 Å². The van der Waals surface area contributed by atoms with E-state index in [9.17, 15) is 4.39 Å². The normalized spacial score (nSPS) is 18.5. The number of rotatable bonds is 3. The van der Waals surface area contributed by atoms with Gasteiger partial charge in [0.15, 0.2) is 11.6 Å². The summed E-state index contributed by atoms with van der Waals surface area (Å²) in [5.41, 5.74) is 3.53. The zero-order valence-corrected chi connectivity index (χ0v) is 14.0. The van der Waals surface area contributed by atoms with Crippen LogP contribution in [0.1, 0.15) is 35.6 Å². The Morgan fingerprint density at radius 3 is 2.78 bits per heavy atom. The van der Waals surface area contributed by atoms with E-state index in [1.54, 1.807) is 0 Å². The van der Waals surface area contributed by atoms with Crippen LogP contribution in [0.15, 0.2) is 6.33 Å². The number of morpholine rings is 1. The molecule has 0 spiro atoms. The van der Waals surface area contributed by atoms with Crippen molar-refractivity contribution in [1.82, 2.24) is 19.7 Å². The van der Waals surface area contributed by atoms with E-state index in [0.717, 1.165) is 17.0 Å². The highest BCUT2D eigenvalue weighted by molar-refractivity contribution is 5.46. The lowest BCUT2D eigenvalue weighted by atomic mass is 10.0. The quantitative estimate of drug-likeness (QED) is 0.867. The molecule has 1 aliphatic rings. The molecule has 3 rings (SSSR count). The molecule has 23 heavy (non-hydrogen) atoms. The molecule has 7 heteroatoms. The first-order valence-corrected chi connectivity index (χ1v) is 7.88. The predicted molar refractivity (Wildman–Crippen MR) is 85.0 cm³/mol. The van der Waals surface area contributed by atoms with Crippen molar-refractivity contribution in [3.05, 3.63) is 34.8 Å². The van der Waals surface area contributed by atoms with Gasteiger partial charge in [-0.25, -0.2) is 14.4 Å². The molecule has 124 valence electrons. The van der Waals surface area contributed by atoms with Crippen LogP contribution in [0.3, 0.4) is 0 Å². The average Bonchev–Trinajstić information content (AvgIpc) is 2.80. The molecule has 2 aromatic heterocycles. The highest BCUT2D eigenvalue weighted by Crippen LogP contribution is 2.33. The second-order valence-corrected chi connectivity index (χ2v) is 5.80. The largest absolute Gasteiger partial charge is 0.377 e. The van der Waals surface area contributed by atoms with Crippen molar-refractivity contribution in [2.24, 2.45) is 7.05 Å². The van der Waals surface area contributed by atoms with Gasteiger partial charge < -0.3 is 9.64 Å². The molecule has 3 heterocycles. The maximum atomic E-state index is 14.7. The number of halogens is 1. The Bertz CT molecular complexity index is 715. The number of hydrogen-bond acceptors (Lipinski definition) is 5. The molecule has 1 saturated heterocycles. The van der Waals surface area contributed by atoms with Gasteiger partial charge in [0, 0.05) is 24.8 Å². The van der Waals surface area contributed by atoms with Gasteiger partial charge in [-0.3, -0.25) is 4.68 Å². The van der Waals surface area contributed by atoms with Gasteiger partial charge >= 0.3 is 0 Å². The van der Waals surface area contributed by atoms with Crippen LogP contribution in [0.4, 0.5) is 10.2 Å². The summed E-state index contributed by atoms with van der Waals surface area (Å²) in [7, 11) is 1.92. The predicted octanol–water partition coefficient (Wildman–Crippen LogP) is 2.11. The highest BCUT2D eigenvalue weighted by atomic mass is 19.1. The number of aryl methyl sites for hydroxylation is 3. The molecular formula is C16H22FN5O. The van der Waals surface area contributed by atoms with Gasteiger partial charge in [-0.15, -0.1) is 0 Å². The van der Waals surface area contributed by atoms with E-state index < -0.39 is 0 Å². The van der Waals surface area contributed by atoms with Crippen LogP contribution in [-0.4, -0.2) is 39.5 Å². The molecule has 1 aliphatic heterocycles. The summed E-state index contributed by atoms with van der Waals surface area (Å²) in [6.45, 7) is 7.54. The minimum absolute atomic E-state index is 0.0912. The van der Waals surface area contributed by atoms with Crippen LogP contribution in [-0.2, 0) is 18.2 Å². The van der Waals surface area contributed by atoms with Crippen molar-refractivity contribution in [3.63, 3.8) is 0 Å². The summed E-state index contributed by atoms with van der Waals surface area (Å²) >= 11 is 0. The van der Waals surface area contributed by atoms with Gasteiger partial charge in [0.2, 0.25) is 0 Å². The molecule has 2 aromatic rings. The van der Waals surface area contributed by atoms with Crippen LogP contribution in [0, 0.1) is 19.7 Å². The molecule has 1 fully saturated rings. The van der Waals surface area contributed by atoms with E-state index in [-0.39, 0.29) is 11.9 Å². The molecular weight excluding hydrogens is 297 g/mol. The fraction of sp³-hybridized carbons (Fsp3) is 0.562. The minimum Gasteiger partial charge on any atom is -0.377 e. The molecule has 1 atom stereocenters. The van der Waals surface area contributed by atoms with Gasteiger partial charge in [0.05, 0.1) is 30.6 Å². The van der Waals surface area contributed by atoms with Crippen molar-refractivity contribution >= 4 is 5.82 Å². The van der Waals surface area contributed by atoms with Gasteiger partial charge in [-0.2, -0.15) is 5.10 Å².